The number of alkyl halides is 1. The van der Waals surface area contributed by atoms with E-state index in [-0.39, 0.29) is 0 Å². The third kappa shape index (κ3) is 2.34. The number of nitrogens with zero attached hydrogens (tertiary/aromatic N) is 1. The van der Waals surface area contributed by atoms with Crippen molar-refractivity contribution in [2.45, 2.75) is 5.33 Å². The SMILES string of the molecule is COc1cc(Cl)nc(CBr)c1. The fourth-order valence-electron chi connectivity index (χ4n) is 0.711. The molecule has 4 heteroatoms. The molecule has 0 aliphatic heterocycles. The lowest BCUT2D eigenvalue weighted by molar-refractivity contribution is 0.414. The van der Waals surface area contributed by atoms with Crippen LogP contribution >= 0.6 is 27.5 Å². The van der Waals surface area contributed by atoms with Gasteiger partial charge in [-0.2, -0.15) is 0 Å². The first kappa shape index (κ1) is 8.81. The van der Waals surface area contributed by atoms with Crippen molar-refractivity contribution in [1.82, 2.24) is 4.98 Å². The van der Waals surface area contributed by atoms with Crippen LogP contribution in [0.1, 0.15) is 5.69 Å². The second-order valence-corrected chi connectivity index (χ2v) is 2.90. The summed E-state index contributed by atoms with van der Waals surface area (Å²) in [5.41, 5.74) is 0.870. The van der Waals surface area contributed by atoms with Crippen molar-refractivity contribution in [3.63, 3.8) is 0 Å². The van der Waals surface area contributed by atoms with Gasteiger partial charge in [0.2, 0.25) is 0 Å². The molecular weight excluding hydrogens is 229 g/mol. The first-order valence-electron chi connectivity index (χ1n) is 3.02. The highest BCUT2D eigenvalue weighted by molar-refractivity contribution is 9.08. The van der Waals surface area contributed by atoms with Crippen LogP contribution in [0.25, 0.3) is 0 Å². The van der Waals surface area contributed by atoms with E-state index in [2.05, 4.69) is 20.9 Å². The van der Waals surface area contributed by atoms with Crippen LogP contribution in [0.15, 0.2) is 12.1 Å². The molecule has 0 atom stereocenters. The number of methoxy groups -OCH3 is 1. The molecule has 0 saturated carbocycles. The predicted octanol–water partition coefficient (Wildman–Crippen LogP) is 2.64. The summed E-state index contributed by atoms with van der Waals surface area (Å²) in [5.74, 6) is 0.736. The largest absolute Gasteiger partial charge is 0.497 e. The van der Waals surface area contributed by atoms with Crippen molar-refractivity contribution in [1.29, 1.82) is 0 Å². The molecule has 0 unspecified atom stereocenters. The molecule has 1 aromatic heterocycles. The zero-order valence-electron chi connectivity index (χ0n) is 5.97. The maximum absolute atomic E-state index is 5.70. The Balaban J connectivity index is 3.02. The summed E-state index contributed by atoms with van der Waals surface area (Å²) in [5, 5.41) is 1.14. The van der Waals surface area contributed by atoms with Gasteiger partial charge in [-0.05, 0) is 0 Å². The van der Waals surface area contributed by atoms with Crippen LogP contribution in [0.4, 0.5) is 0 Å². The van der Waals surface area contributed by atoms with Crippen molar-refractivity contribution in [2.75, 3.05) is 7.11 Å². The first-order valence-corrected chi connectivity index (χ1v) is 4.52. The van der Waals surface area contributed by atoms with Gasteiger partial charge in [0.15, 0.2) is 0 Å². The Labute approximate surface area is 78.7 Å². The number of rotatable bonds is 2. The summed E-state index contributed by atoms with van der Waals surface area (Å²) in [4.78, 5) is 4.04. The molecule has 0 aromatic carbocycles. The standard InChI is InChI=1S/C7H7BrClNO/c1-11-6-2-5(4-8)10-7(9)3-6/h2-3H,4H2,1H3. The van der Waals surface area contributed by atoms with Crippen LogP contribution in [-0.4, -0.2) is 12.1 Å². The summed E-state index contributed by atoms with van der Waals surface area (Å²) >= 11 is 8.97. The van der Waals surface area contributed by atoms with Gasteiger partial charge in [-0.25, -0.2) is 4.98 Å². The Morgan fingerprint density at radius 2 is 2.36 bits per heavy atom. The summed E-state index contributed by atoms with van der Waals surface area (Å²) in [7, 11) is 1.60. The molecule has 1 heterocycles. The Hall–Kier alpha value is -0.280. The summed E-state index contributed by atoms with van der Waals surface area (Å²) in [6.45, 7) is 0. The maximum Gasteiger partial charge on any atom is 0.133 e. The van der Waals surface area contributed by atoms with Gasteiger partial charge >= 0.3 is 0 Å². The number of hydrogen-bond donors (Lipinski definition) is 0. The smallest absolute Gasteiger partial charge is 0.133 e. The number of ether oxygens (including phenoxy) is 1. The quantitative estimate of drug-likeness (QED) is 0.582. The molecule has 0 bridgehead atoms. The van der Waals surface area contributed by atoms with Crippen molar-refractivity contribution < 1.29 is 4.74 Å². The highest BCUT2D eigenvalue weighted by Gasteiger charge is 1.98. The fourth-order valence-corrected chi connectivity index (χ4v) is 1.21. The molecule has 0 N–H and O–H groups in total. The minimum absolute atomic E-state index is 0.457. The molecule has 60 valence electrons. The maximum atomic E-state index is 5.70. The van der Waals surface area contributed by atoms with E-state index in [4.69, 9.17) is 16.3 Å². The van der Waals surface area contributed by atoms with Gasteiger partial charge < -0.3 is 4.74 Å². The molecule has 1 rings (SSSR count). The van der Waals surface area contributed by atoms with Crippen LogP contribution in [0.5, 0.6) is 5.75 Å². The monoisotopic (exact) mass is 235 g/mol. The van der Waals surface area contributed by atoms with E-state index in [0.717, 1.165) is 11.4 Å². The van der Waals surface area contributed by atoms with Gasteiger partial charge in [0.25, 0.3) is 0 Å². The third-order valence-corrected chi connectivity index (χ3v) is 1.96. The average Bonchev–Trinajstić information content (AvgIpc) is 2.03. The normalized spacial score (nSPS) is 9.73. The zero-order chi connectivity index (χ0) is 8.27. The minimum Gasteiger partial charge on any atom is -0.497 e. The van der Waals surface area contributed by atoms with Gasteiger partial charge in [-0.3, -0.25) is 0 Å². The first-order chi connectivity index (χ1) is 5.26. The number of pyridine rings is 1. The molecule has 0 saturated heterocycles. The van der Waals surface area contributed by atoms with E-state index in [1.165, 1.54) is 0 Å². The minimum atomic E-state index is 0.457. The van der Waals surface area contributed by atoms with Gasteiger partial charge in [0.05, 0.1) is 12.8 Å². The number of aromatic nitrogens is 1. The van der Waals surface area contributed by atoms with Crippen molar-refractivity contribution >= 4 is 27.5 Å². The Morgan fingerprint density at radius 1 is 1.64 bits per heavy atom. The van der Waals surface area contributed by atoms with E-state index in [9.17, 15) is 0 Å². The van der Waals surface area contributed by atoms with E-state index < -0.39 is 0 Å². The summed E-state index contributed by atoms with van der Waals surface area (Å²) in [6, 6.07) is 3.51. The molecule has 1 aromatic rings. The highest BCUT2D eigenvalue weighted by Crippen LogP contribution is 2.18. The molecule has 0 aliphatic rings. The molecule has 0 fully saturated rings. The third-order valence-electron chi connectivity index (χ3n) is 1.19. The molecule has 11 heavy (non-hydrogen) atoms. The average molecular weight is 236 g/mol. The zero-order valence-corrected chi connectivity index (χ0v) is 8.32. The van der Waals surface area contributed by atoms with Crippen LogP contribution in [0.3, 0.4) is 0 Å². The van der Waals surface area contributed by atoms with Crippen LogP contribution < -0.4 is 4.74 Å². The number of halogens is 2. The van der Waals surface area contributed by atoms with Crippen molar-refractivity contribution in [3.05, 3.63) is 23.0 Å². The van der Waals surface area contributed by atoms with Crippen molar-refractivity contribution in [2.24, 2.45) is 0 Å². The second-order valence-electron chi connectivity index (χ2n) is 1.95. The van der Waals surface area contributed by atoms with Gasteiger partial charge in [0, 0.05) is 17.5 Å². The molecular formula is C7H7BrClNO. The lowest BCUT2D eigenvalue weighted by Gasteiger charge is -2.01. The topological polar surface area (TPSA) is 22.1 Å². The van der Waals surface area contributed by atoms with E-state index in [1.54, 1.807) is 13.2 Å². The van der Waals surface area contributed by atoms with E-state index >= 15 is 0 Å². The summed E-state index contributed by atoms with van der Waals surface area (Å²) in [6.07, 6.45) is 0. The molecule has 2 nitrogen and oxygen atoms in total. The number of hydrogen-bond acceptors (Lipinski definition) is 2. The predicted molar refractivity (Wildman–Crippen MR) is 48.4 cm³/mol. The molecule has 0 radical (unpaired) electrons. The molecule has 0 amide bonds. The summed E-state index contributed by atoms with van der Waals surface area (Å²) < 4.78 is 4.99. The van der Waals surface area contributed by atoms with Crippen LogP contribution in [-0.2, 0) is 5.33 Å². The Bertz CT molecular complexity index is 232. The van der Waals surface area contributed by atoms with E-state index in [1.807, 2.05) is 6.07 Å². The second kappa shape index (κ2) is 3.93. The van der Waals surface area contributed by atoms with E-state index in [0.29, 0.717) is 10.5 Å². The molecule has 0 spiro atoms. The molecule has 0 aliphatic carbocycles. The van der Waals surface area contributed by atoms with Crippen LogP contribution in [0.2, 0.25) is 5.15 Å². The van der Waals surface area contributed by atoms with Gasteiger partial charge in [-0.1, -0.05) is 27.5 Å². The Kier molecular flexibility index (Phi) is 3.15. The Morgan fingerprint density at radius 3 is 2.91 bits per heavy atom. The highest BCUT2D eigenvalue weighted by atomic mass is 79.9. The van der Waals surface area contributed by atoms with Crippen LogP contribution in [0, 0.1) is 0 Å². The lowest BCUT2D eigenvalue weighted by atomic mass is 10.4. The lowest BCUT2D eigenvalue weighted by Crippen LogP contribution is -1.89. The van der Waals surface area contributed by atoms with Gasteiger partial charge in [-0.15, -0.1) is 0 Å². The fraction of sp³-hybridized carbons (Fsp3) is 0.286. The van der Waals surface area contributed by atoms with Crippen molar-refractivity contribution in [3.8, 4) is 5.75 Å². The van der Waals surface area contributed by atoms with Gasteiger partial charge in [0.1, 0.15) is 10.9 Å².